The maximum absolute atomic E-state index is 10.2. The van der Waals surface area contributed by atoms with Gasteiger partial charge in [0.2, 0.25) is 0 Å². The van der Waals surface area contributed by atoms with E-state index in [1.807, 2.05) is 13.0 Å². The Bertz CT molecular complexity index is 617. The van der Waals surface area contributed by atoms with Gasteiger partial charge in [-0.15, -0.1) is 0 Å². The number of benzene rings is 1. The molecule has 1 aromatic heterocycles. The standard InChI is InChI=1S/C9H7N2O2PS/c1-5-2-6(13-4-14-12)8-7(3-5)15-9(10)11-8/h2-3H,1H3,(H2,10,11). The van der Waals surface area contributed by atoms with Crippen LogP contribution in [0.3, 0.4) is 0 Å². The number of nitrogen functional groups attached to an aromatic ring is 1. The second kappa shape index (κ2) is 4.07. The van der Waals surface area contributed by atoms with E-state index in [2.05, 4.69) is 10.8 Å². The summed E-state index contributed by atoms with van der Waals surface area (Å²) in [7, 11) is -0.290. The molecule has 0 atom stereocenters. The molecule has 0 radical (unpaired) electrons. The van der Waals surface area contributed by atoms with Gasteiger partial charge in [0, 0.05) is 0 Å². The second-order valence-electron chi connectivity index (χ2n) is 2.95. The van der Waals surface area contributed by atoms with Crippen molar-refractivity contribution < 1.29 is 9.30 Å². The molecule has 1 heterocycles. The van der Waals surface area contributed by atoms with Gasteiger partial charge in [-0.25, -0.2) is 0 Å². The number of hydrogen-bond donors (Lipinski definition) is 1. The summed E-state index contributed by atoms with van der Waals surface area (Å²) in [6.45, 7) is 1.94. The van der Waals surface area contributed by atoms with Crippen molar-refractivity contribution in [3.05, 3.63) is 17.7 Å². The molecule has 0 spiro atoms. The fraction of sp³-hybridized carbons (Fsp3) is 0.111. The third-order valence-electron chi connectivity index (χ3n) is 1.81. The van der Waals surface area contributed by atoms with E-state index in [1.165, 1.54) is 11.3 Å². The Morgan fingerprint density at radius 2 is 2.40 bits per heavy atom. The van der Waals surface area contributed by atoms with E-state index in [4.69, 9.17) is 10.5 Å². The molecule has 0 aliphatic carbocycles. The summed E-state index contributed by atoms with van der Waals surface area (Å²) >= 11 is 1.39. The number of aromatic nitrogens is 1. The van der Waals surface area contributed by atoms with E-state index < -0.39 is 0 Å². The molecular weight excluding hydrogens is 231 g/mol. The Kier molecular flexibility index (Phi) is 2.78. The molecule has 76 valence electrons. The van der Waals surface area contributed by atoms with Gasteiger partial charge >= 0.3 is 90.8 Å². The molecule has 4 nitrogen and oxygen atoms in total. The van der Waals surface area contributed by atoms with Crippen molar-refractivity contribution in [1.29, 1.82) is 0 Å². The zero-order valence-corrected chi connectivity index (χ0v) is 9.56. The zero-order chi connectivity index (χ0) is 10.8. The SMILES string of the molecule is Cc1cc(OC#P=O)c2nc(N)sc2c1. The minimum atomic E-state index is -0.290. The number of fused-ring (bicyclic) bond motifs is 1. The van der Waals surface area contributed by atoms with Crippen molar-refractivity contribution in [2.24, 2.45) is 0 Å². The van der Waals surface area contributed by atoms with Crippen molar-refractivity contribution in [1.82, 2.24) is 4.98 Å². The number of nitrogens with two attached hydrogens (primary N) is 1. The minimum absolute atomic E-state index is 0.290. The zero-order valence-electron chi connectivity index (χ0n) is 7.85. The second-order valence-corrected chi connectivity index (χ2v) is 4.37. The van der Waals surface area contributed by atoms with Gasteiger partial charge < -0.3 is 0 Å². The Morgan fingerprint density at radius 3 is 3.13 bits per heavy atom. The first-order valence-corrected chi connectivity index (χ1v) is 5.74. The van der Waals surface area contributed by atoms with Crippen LogP contribution in [0.4, 0.5) is 5.13 Å². The third-order valence-corrected chi connectivity index (χ3v) is 2.81. The molecule has 15 heavy (non-hydrogen) atoms. The average Bonchev–Trinajstić information content (AvgIpc) is 2.54. The number of anilines is 1. The van der Waals surface area contributed by atoms with E-state index >= 15 is 0 Å². The topological polar surface area (TPSA) is 65.2 Å². The molecule has 0 bridgehead atoms. The van der Waals surface area contributed by atoms with Crippen molar-refractivity contribution in [2.75, 3.05) is 5.73 Å². The van der Waals surface area contributed by atoms with E-state index in [1.54, 1.807) is 6.07 Å². The summed E-state index contributed by atoms with van der Waals surface area (Å²) < 4.78 is 16.3. The number of aryl methyl sites for hydroxylation is 1. The number of nitrogens with zero attached hydrogens (tertiary/aromatic N) is 1. The Hall–Kier alpha value is -1.28. The van der Waals surface area contributed by atoms with Crippen LogP contribution in [0.25, 0.3) is 10.2 Å². The van der Waals surface area contributed by atoms with Gasteiger partial charge in [0.05, 0.1) is 0 Å². The van der Waals surface area contributed by atoms with Crippen LogP contribution in [0.2, 0.25) is 0 Å². The normalized spacial score (nSPS) is 9.93. The number of ether oxygens (including phenoxy) is 1. The van der Waals surface area contributed by atoms with Gasteiger partial charge in [-0.05, 0) is 0 Å². The molecule has 6 heteroatoms. The maximum atomic E-state index is 10.2. The number of rotatable bonds is 1. The van der Waals surface area contributed by atoms with Crippen molar-refractivity contribution in [3.8, 4) is 11.6 Å². The van der Waals surface area contributed by atoms with Crippen molar-refractivity contribution in [2.45, 2.75) is 6.92 Å². The van der Waals surface area contributed by atoms with Gasteiger partial charge in [0.25, 0.3) is 0 Å². The van der Waals surface area contributed by atoms with Gasteiger partial charge in [-0.1, -0.05) is 0 Å². The quantitative estimate of drug-likeness (QED) is 0.776. The Morgan fingerprint density at radius 1 is 1.60 bits per heavy atom. The van der Waals surface area contributed by atoms with Crippen LogP contribution in [0.1, 0.15) is 5.56 Å². The van der Waals surface area contributed by atoms with Gasteiger partial charge in [0.1, 0.15) is 0 Å². The first-order chi connectivity index (χ1) is 7.20. The van der Waals surface area contributed by atoms with E-state index in [0.29, 0.717) is 16.4 Å². The predicted molar refractivity (Wildman–Crippen MR) is 60.9 cm³/mol. The van der Waals surface area contributed by atoms with Gasteiger partial charge in [-0.2, -0.15) is 0 Å². The monoisotopic (exact) mass is 238 g/mol. The van der Waals surface area contributed by atoms with Crippen LogP contribution in [0, 0.1) is 12.7 Å². The Balaban J connectivity index is 2.67. The van der Waals surface area contributed by atoms with Gasteiger partial charge in [0.15, 0.2) is 0 Å². The summed E-state index contributed by atoms with van der Waals surface area (Å²) in [5.74, 6) is 2.76. The third kappa shape index (κ3) is 2.05. The average molecular weight is 238 g/mol. The molecule has 0 aliphatic heterocycles. The van der Waals surface area contributed by atoms with E-state index in [-0.39, 0.29) is 7.92 Å². The fourth-order valence-corrected chi connectivity index (χ4v) is 2.28. The van der Waals surface area contributed by atoms with Crippen molar-refractivity contribution >= 4 is 34.6 Å². The van der Waals surface area contributed by atoms with Crippen LogP contribution in [-0.2, 0) is 4.57 Å². The van der Waals surface area contributed by atoms with Crippen LogP contribution >= 0.6 is 19.3 Å². The molecule has 0 saturated heterocycles. The molecule has 0 amide bonds. The molecule has 1 aromatic carbocycles. The summed E-state index contributed by atoms with van der Waals surface area (Å²) in [6, 6.07) is 3.78. The molecule has 0 fully saturated rings. The van der Waals surface area contributed by atoms with Crippen LogP contribution in [-0.4, -0.2) is 4.98 Å². The first kappa shape index (κ1) is 10.2. The van der Waals surface area contributed by atoms with E-state index in [9.17, 15) is 4.57 Å². The summed E-state index contributed by atoms with van der Waals surface area (Å²) in [5, 5.41) is 0.486. The fourth-order valence-electron chi connectivity index (χ4n) is 1.29. The number of hydrogen-bond acceptors (Lipinski definition) is 5. The first-order valence-electron chi connectivity index (χ1n) is 4.11. The summed E-state index contributed by atoms with van der Waals surface area (Å²) in [6.07, 6.45) is 0. The van der Waals surface area contributed by atoms with Crippen LogP contribution in [0.15, 0.2) is 12.1 Å². The predicted octanol–water partition coefficient (Wildman–Crippen LogP) is 2.77. The molecule has 2 rings (SSSR count). The molecule has 0 saturated carbocycles. The number of thiazole rings is 1. The van der Waals surface area contributed by atoms with Crippen molar-refractivity contribution in [3.63, 3.8) is 0 Å². The molecule has 2 aromatic rings. The molecule has 0 aliphatic rings. The molecule has 0 unspecified atom stereocenters. The summed E-state index contributed by atoms with van der Waals surface area (Å²) in [5.41, 5.74) is 7.32. The Labute approximate surface area is 91.2 Å². The molecular formula is C9H7N2O2PS. The molecule has 2 N–H and O–H groups in total. The summed E-state index contributed by atoms with van der Waals surface area (Å²) in [4.78, 5) is 4.13. The van der Waals surface area contributed by atoms with Gasteiger partial charge in [-0.3, -0.25) is 0 Å². The van der Waals surface area contributed by atoms with Crippen LogP contribution in [0.5, 0.6) is 5.75 Å². The van der Waals surface area contributed by atoms with Crippen LogP contribution < -0.4 is 10.5 Å². The van der Waals surface area contributed by atoms with E-state index in [0.717, 1.165) is 10.3 Å².